The second-order valence-corrected chi connectivity index (χ2v) is 5.16. The van der Waals surface area contributed by atoms with Crippen molar-refractivity contribution in [2.75, 3.05) is 18.4 Å². The molecule has 2 aromatic rings. The minimum absolute atomic E-state index is 0.211. The Morgan fingerprint density at radius 1 is 1.29 bits per heavy atom. The van der Waals surface area contributed by atoms with Crippen LogP contribution in [0.3, 0.4) is 0 Å². The Balaban J connectivity index is 1.89. The number of aromatic nitrogens is 3. The molecule has 0 aromatic carbocycles. The van der Waals surface area contributed by atoms with Gasteiger partial charge in [-0.1, -0.05) is 0 Å². The van der Waals surface area contributed by atoms with Crippen LogP contribution < -0.4 is 10.6 Å². The molecule has 0 bridgehead atoms. The molecule has 0 spiro atoms. The van der Waals surface area contributed by atoms with Crippen LogP contribution in [0, 0.1) is 0 Å². The van der Waals surface area contributed by atoms with Crippen molar-refractivity contribution in [3.05, 3.63) is 24.2 Å². The maximum Gasteiger partial charge on any atom is 0.435 e. The largest absolute Gasteiger partial charge is 0.435 e. The predicted molar refractivity (Wildman–Crippen MR) is 72.1 cm³/mol. The number of hydrogen-bond acceptors (Lipinski definition) is 4. The molecule has 1 atom stereocenters. The third-order valence-electron chi connectivity index (χ3n) is 3.60. The second-order valence-electron chi connectivity index (χ2n) is 5.16. The van der Waals surface area contributed by atoms with E-state index in [9.17, 15) is 13.2 Å². The zero-order valence-corrected chi connectivity index (χ0v) is 11.3. The zero-order valence-electron chi connectivity index (χ0n) is 11.3. The molecule has 0 aliphatic carbocycles. The quantitative estimate of drug-likeness (QED) is 0.893. The van der Waals surface area contributed by atoms with Crippen LogP contribution in [0.2, 0.25) is 0 Å². The predicted octanol–water partition coefficient (Wildman–Crippen LogP) is 2.30. The highest BCUT2D eigenvalue weighted by Crippen LogP contribution is 2.30. The summed E-state index contributed by atoms with van der Waals surface area (Å²) < 4.78 is 39.5. The molecule has 0 saturated carbocycles. The van der Waals surface area contributed by atoms with E-state index in [1.165, 1.54) is 16.9 Å². The summed E-state index contributed by atoms with van der Waals surface area (Å²) >= 11 is 0. The number of alkyl halides is 3. The van der Waals surface area contributed by atoms with Gasteiger partial charge in [-0.15, -0.1) is 0 Å². The van der Waals surface area contributed by atoms with E-state index in [0.717, 1.165) is 38.4 Å². The molecule has 1 aliphatic rings. The summed E-state index contributed by atoms with van der Waals surface area (Å²) in [6.45, 7) is 1.87. The van der Waals surface area contributed by atoms with Gasteiger partial charge in [0.05, 0.1) is 0 Å². The summed E-state index contributed by atoms with van der Waals surface area (Å²) in [4.78, 5) is 4.17. The van der Waals surface area contributed by atoms with E-state index in [1.54, 1.807) is 0 Å². The fraction of sp³-hybridized carbons (Fsp3) is 0.538. The molecule has 1 fully saturated rings. The average molecular weight is 299 g/mol. The van der Waals surface area contributed by atoms with Crippen molar-refractivity contribution in [2.24, 2.45) is 0 Å². The summed E-state index contributed by atoms with van der Waals surface area (Å²) in [6, 6.07) is 1.24. The van der Waals surface area contributed by atoms with E-state index >= 15 is 0 Å². The van der Waals surface area contributed by atoms with Gasteiger partial charge in [-0.05, 0) is 32.4 Å². The smallest absolute Gasteiger partial charge is 0.366 e. The maximum absolute atomic E-state index is 12.7. The van der Waals surface area contributed by atoms with Crippen molar-refractivity contribution in [3.8, 4) is 0 Å². The molecule has 2 aromatic heterocycles. The third kappa shape index (κ3) is 3.10. The monoisotopic (exact) mass is 299 g/mol. The number of rotatable bonds is 2. The Morgan fingerprint density at radius 2 is 2.14 bits per heavy atom. The first-order valence-electron chi connectivity index (χ1n) is 6.93. The molecule has 3 heterocycles. The Morgan fingerprint density at radius 3 is 2.95 bits per heavy atom. The first-order chi connectivity index (χ1) is 10.0. The van der Waals surface area contributed by atoms with Gasteiger partial charge in [-0.3, -0.25) is 0 Å². The zero-order chi connectivity index (χ0) is 14.9. The summed E-state index contributed by atoms with van der Waals surface area (Å²) in [5.41, 5.74) is -0.553. The van der Waals surface area contributed by atoms with E-state index in [1.807, 2.05) is 0 Å². The lowest BCUT2D eigenvalue weighted by atomic mass is 10.1. The van der Waals surface area contributed by atoms with Crippen LogP contribution in [0.4, 0.5) is 19.0 Å². The van der Waals surface area contributed by atoms with Crippen LogP contribution in [0.5, 0.6) is 0 Å². The van der Waals surface area contributed by atoms with Gasteiger partial charge in [0, 0.05) is 24.5 Å². The lowest BCUT2D eigenvalue weighted by Gasteiger charge is -2.16. The van der Waals surface area contributed by atoms with E-state index in [0.29, 0.717) is 11.3 Å². The van der Waals surface area contributed by atoms with Gasteiger partial charge >= 0.3 is 6.18 Å². The molecule has 1 unspecified atom stereocenters. The molecule has 1 saturated heterocycles. The van der Waals surface area contributed by atoms with Gasteiger partial charge in [-0.25, -0.2) is 9.50 Å². The fourth-order valence-corrected chi connectivity index (χ4v) is 2.53. The van der Waals surface area contributed by atoms with Crippen LogP contribution in [0.15, 0.2) is 18.5 Å². The summed E-state index contributed by atoms with van der Waals surface area (Å²) in [5, 5.41) is 10.1. The van der Waals surface area contributed by atoms with Crippen molar-refractivity contribution in [1.29, 1.82) is 0 Å². The van der Waals surface area contributed by atoms with Crippen molar-refractivity contribution < 1.29 is 13.2 Å². The van der Waals surface area contributed by atoms with Crippen molar-refractivity contribution in [3.63, 3.8) is 0 Å². The van der Waals surface area contributed by atoms with Gasteiger partial charge in [0.1, 0.15) is 5.52 Å². The number of anilines is 1. The minimum atomic E-state index is -4.45. The molecule has 5 nitrogen and oxygen atoms in total. The highest BCUT2D eigenvalue weighted by atomic mass is 19.4. The summed E-state index contributed by atoms with van der Waals surface area (Å²) in [5.74, 6) is 0.451. The Bertz CT molecular complexity index is 614. The normalized spacial score (nSPS) is 20.4. The topological polar surface area (TPSA) is 54.2 Å². The fourth-order valence-electron chi connectivity index (χ4n) is 2.53. The van der Waals surface area contributed by atoms with E-state index in [4.69, 9.17) is 0 Å². The van der Waals surface area contributed by atoms with Gasteiger partial charge in [0.15, 0.2) is 11.5 Å². The van der Waals surface area contributed by atoms with Crippen LogP contribution in [-0.2, 0) is 6.18 Å². The van der Waals surface area contributed by atoms with Crippen molar-refractivity contribution in [2.45, 2.75) is 31.5 Å². The molecule has 8 heteroatoms. The highest BCUT2D eigenvalue weighted by molar-refractivity contribution is 5.68. The number of fused-ring (bicyclic) bond motifs is 1. The number of nitrogens with one attached hydrogen (secondary N) is 2. The standard InChI is InChI=1S/C13H16F3N5/c14-13(15,16)11-8-10-12(18-6-7-21(10)20-11)19-9-2-1-4-17-5-3-9/h6-9,17H,1-5H2,(H,18,19). The number of hydrogen-bond donors (Lipinski definition) is 2. The molecular formula is C13H16F3N5. The first kappa shape index (κ1) is 14.1. The molecule has 21 heavy (non-hydrogen) atoms. The maximum atomic E-state index is 12.7. The van der Waals surface area contributed by atoms with Crippen LogP contribution in [-0.4, -0.2) is 33.7 Å². The van der Waals surface area contributed by atoms with Gasteiger partial charge in [0.2, 0.25) is 0 Å². The van der Waals surface area contributed by atoms with Crippen LogP contribution in [0.25, 0.3) is 5.52 Å². The van der Waals surface area contributed by atoms with Crippen molar-refractivity contribution in [1.82, 2.24) is 19.9 Å². The van der Waals surface area contributed by atoms with E-state index < -0.39 is 11.9 Å². The summed E-state index contributed by atoms with van der Waals surface area (Å²) in [7, 11) is 0. The second kappa shape index (κ2) is 5.51. The highest BCUT2D eigenvalue weighted by Gasteiger charge is 2.34. The average Bonchev–Trinajstić information content (AvgIpc) is 2.72. The molecular weight excluding hydrogens is 283 g/mol. The number of nitrogens with zero attached hydrogens (tertiary/aromatic N) is 3. The summed E-state index contributed by atoms with van der Waals surface area (Å²) in [6.07, 6.45) is 1.35. The van der Waals surface area contributed by atoms with Gasteiger partial charge < -0.3 is 10.6 Å². The lowest BCUT2D eigenvalue weighted by molar-refractivity contribution is -0.141. The van der Waals surface area contributed by atoms with Crippen LogP contribution in [0.1, 0.15) is 25.0 Å². The molecule has 3 rings (SSSR count). The lowest BCUT2D eigenvalue weighted by Crippen LogP contribution is -2.22. The molecule has 2 N–H and O–H groups in total. The third-order valence-corrected chi connectivity index (χ3v) is 3.60. The van der Waals surface area contributed by atoms with Crippen molar-refractivity contribution >= 4 is 11.3 Å². The minimum Gasteiger partial charge on any atom is -0.366 e. The van der Waals surface area contributed by atoms with E-state index in [-0.39, 0.29) is 6.04 Å². The Hall–Kier alpha value is -1.83. The SMILES string of the molecule is FC(F)(F)c1cc2c(NC3CCCNCC3)nccn2n1. The first-order valence-corrected chi connectivity index (χ1v) is 6.93. The molecule has 1 aliphatic heterocycles. The van der Waals surface area contributed by atoms with Gasteiger partial charge in [-0.2, -0.15) is 18.3 Å². The molecule has 0 radical (unpaired) electrons. The van der Waals surface area contributed by atoms with Crippen LogP contribution >= 0.6 is 0 Å². The molecule has 114 valence electrons. The Kier molecular flexibility index (Phi) is 3.71. The Labute approximate surface area is 119 Å². The molecule has 0 amide bonds. The van der Waals surface area contributed by atoms with Gasteiger partial charge in [0.25, 0.3) is 0 Å². The number of halogens is 3. The van der Waals surface area contributed by atoms with E-state index in [2.05, 4.69) is 20.7 Å².